The molecule has 0 saturated carbocycles. The molecule has 1 N–H and O–H groups in total. The summed E-state index contributed by atoms with van der Waals surface area (Å²) in [7, 11) is 0. The van der Waals surface area contributed by atoms with E-state index in [2.05, 4.69) is 10.3 Å². The number of hydrogen-bond donors (Lipinski definition) is 1. The van der Waals surface area contributed by atoms with E-state index in [-0.39, 0.29) is 25.0 Å². The maximum absolute atomic E-state index is 12.8. The fourth-order valence-corrected chi connectivity index (χ4v) is 4.48. The number of benzene rings is 2. The van der Waals surface area contributed by atoms with Crippen LogP contribution in [0.15, 0.2) is 41.4 Å². The van der Waals surface area contributed by atoms with Crippen molar-refractivity contribution in [3.8, 4) is 11.5 Å². The molecular weight excluding hydrogens is 449 g/mol. The van der Waals surface area contributed by atoms with Gasteiger partial charge >= 0.3 is 0 Å². The van der Waals surface area contributed by atoms with Gasteiger partial charge in [0.2, 0.25) is 18.6 Å². The molecule has 2 heterocycles. The van der Waals surface area contributed by atoms with Gasteiger partial charge in [0.25, 0.3) is 0 Å². The number of fused-ring (bicyclic) bond motifs is 1. The fraction of sp³-hybridized carbons (Fsp3) is 0.250. The van der Waals surface area contributed by atoms with E-state index in [1.165, 1.54) is 11.8 Å². The minimum absolute atomic E-state index is 0.0752. The zero-order valence-corrected chi connectivity index (χ0v) is 18.2. The van der Waals surface area contributed by atoms with E-state index in [0.717, 1.165) is 0 Å². The zero-order valence-electron chi connectivity index (χ0n) is 15.9. The number of aliphatic imine (C=N–C) groups is 1. The number of amidine groups is 1. The highest BCUT2D eigenvalue weighted by Gasteiger charge is 2.35. The quantitative estimate of drug-likeness (QED) is 0.707. The van der Waals surface area contributed by atoms with Crippen molar-refractivity contribution < 1.29 is 19.1 Å². The van der Waals surface area contributed by atoms with Gasteiger partial charge < -0.3 is 14.8 Å². The summed E-state index contributed by atoms with van der Waals surface area (Å²) in [6, 6.07) is 10.1. The lowest BCUT2D eigenvalue weighted by Gasteiger charge is -2.30. The van der Waals surface area contributed by atoms with Gasteiger partial charge in [-0.05, 0) is 37.3 Å². The summed E-state index contributed by atoms with van der Waals surface area (Å²) in [6.07, 6.45) is 0.0752. The topological polar surface area (TPSA) is 80.2 Å². The highest BCUT2D eigenvalue weighted by Crippen LogP contribution is 2.37. The second-order valence-electron chi connectivity index (χ2n) is 6.50. The average molecular weight is 466 g/mol. The molecule has 1 saturated heterocycles. The smallest absolute Gasteiger partial charge is 0.238 e. The molecule has 2 aliphatic heterocycles. The molecule has 1 fully saturated rings. The van der Waals surface area contributed by atoms with Gasteiger partial charge in [0, 0.05) is 24.7 Å². The molecule has 2 aromatic carbocycles. The summed E-state index contributed by atoms with van der Waals surface area (Å²) in [4.78, 5) is 31.6. The van der Waals surface area contributed by atoms with Crippen molar-refractivity contribution in [3.05, 3.63) is 46.4 Å². The average Bonchev–Trinajstić information content (AvgIpc) is 3.18. The van der Waals surface area contributed by atoms with Crippen LogP contribution in [0.25, 0.3) is 0 Å². The second-order valence-corrected chi connectivity index (χ2v) is 8.48. The third-order valence-corrected chi connectivity index (χ3v) is 6.44. The lowest BCUT2D eigenvalue weighted by Crippen LogP contribution is -2.45. The van der Waals surface area contributed by atoms with E-state index >= 15 is 0 Å². The molecule has 0 bridgehead atoms. The number of hydrogen-bond acceptors (Lipinski definition) is 6. The van der Waals surface area contributed by atoms with Crippen LogP contribution in [0.4, 0.5) is 11.4 Å². The summed E-state index contributed by atoms with van der Waals surface area (Å²) < 4.78 is 10.7. The van der Waals surface area contributed by atoms with Gasteiger partial charge in [-0.15, -0.1) is 0 Å². The first-order valence-electron chi connectivity index (χ1n) is 9.16. The molecule has 7 nitrogen and oxygen atoms in total. The predicted octanol–water partition coefficient (Wildman–Crippen LogP) is 4.70. The molecular formula is C20H17Cl2N3O4S. The van der Waals surface area contributed by atoms with Crippen LogP contribution in [0.5, 0.6) is 11.5 Å². The Morgan fingerprint density at radius 3 is 2.77 bits per heavy atom. The first-order valence-corrected chi connectivity index (χ1v) is 10.8. The van der Waals surface area contributed by atoms with Crippen LogP contribution in [-0.2, 0) is 9.59 Å². The van der Waals surface area contributed by atoms with E-state index in [9.17, 15) is 9.59 Å². The van der Waals surface area contributed by atoms with E-state index in [1.54, 1.807) is 41.3 Å². The summed E-state index contributed by atoms with van der Waals surface area (Å²) in [5.41, 5.74) is 1.12. The van der Waals surface area contributed by atoms with Crippen molar-refractivity contribution in [2.24, 2.45) is 4.99 Å². The summed E-state index contributed by atoms with van der Waals surface area (Å²) in [6.45, 7) is 2.49. The van der Waals surface area contributed by atoms with Crippen LogP contribution in [0.2, 0.25) is 10.0 Å². The van der Waals surface area contributed by atoms with Gasteiger partial charge in [-0.3, -0.25) is 14.5 Å². The van der Waals surface area contributed by atoms with Crippen LogP contribution in [-0.4, -0.2) is 40.5 Å². The molecule has 10 heteroatoms. The third kappa shape index (κ3) is 4.35. The first-order chi connectivity index (χ1) is 14.4. The number of carbonyl (C=O) groups excluding carboxylic acids is 2. The van der Waals surface area contributed by atoms with Crippen LogP contribution < -0.4 is 14.8 Å². The van der Waals surface area contributed by atoms with Crippen LogP contribution in [0, 0.1) is 0 Å². The second kappa shape index (κ2) is 8.75. The normalized spacial score (nSPS) is 19.3. The standard InChI is InChI=1S/C20H17Cl2N3O4S/c1-2-25-18(26)9-17(19(27)23-11-3-5-13(21)14(22)7-11)30-20(25)24-12-4-6-15-16(8-12)29-10-28-15/h3-8,17H,2,9-10H2,1H3,(H,23,27). The monoisotopic (exact) mass is 465 g/mol. The number of anilines is 1. The predicted molar refractivity (Wildman–Crippen MR) is 118 cm³/mol. The number of ether oxygens (including phenoxy) is 2. The highest BCUT2D eigenvalue weighted by atomic mass is 35.5. The number of thioether (sulfide) groups is 1. The van der Waals surface area contributed by atoms with Gasteiger partial charge in [0.1, 0.15) is 5.25 Å². The minimum atomic E-state index is -0.623. The molecule has 1 unspecified atom stereocenters. The Bertz CT molecular complexity index is 1050. The van der Waals surface area contributed by atoms with Crippen molar-refractivity contribution in [3.63, 3.8) is 0 Å². The number of carbonyl (C=O) groups is 2. The SMILES string of the molecule is CCN1C(=O)CC(C(=O)Nc2ccc(Cl)c(Cl)c2)SC1=Nc1ccc2c(c1)OCO2. The Morgan fingerprint density at radius 1 is 1.20 bits per heavy atom. The molecule has 2 amide bonds. The molecule has 0 radical (unpaired) electrons. The summed E-state index contributed by atoms with van der Waals surface area (Å²) in [5, 5.41) is 3.36. The zero-order chi connectivity index (χ0) is 21.3. The van der Waals surface area contributed by atoms with E-state index in [4.69, 9.17) is 32.7 Å². The van der Waals surface area contributed by atoms with Gasteiger partial charge in [0.05, 0.1) is 15.7 Å². The molecule has 0 spiro atoms. The molecule has 156 valence electrons. The number of amides is 2. The lowest BCUT2D eigenvalue weighted by molar-refractivity contribution is -0.129. The van der Waals surface area contributed by atoms with Crippen LogP contribution >= 0.6 is 35.0 Å². The first kappa shape index (κ1) is 20.8. The van der Waals surface area contributed by atoms with E-state index in [0.29, 0.717) is 44.6 Å². The Balaban J connectivity index is 1.55. The molecule has 0 aromatic heterocycles. The van der Waals surface area contributed by atoms with Gasteiger partial charge in [-0.25, -0.2) is 4.99 Å². The van der Waals surface area contributed by atoms with Crippen LogP contribution in [0.1, 0.15) is 13.3 Å². The number of rotatable bonds is 4. The Morgan fingerprint density at radius 2 is 2.00 bits per heavy atom. The molecule has 1 atom stereocenters. The Labute approximate surface area is 187 Å². The largest absolute Gasteiger partial charge is 0.454 e. The minimum Gasteiger partial charge on any atom is -0.454 e. The summed E-state index contributed by atoms with van der Waals surface area (Å²) in [5.74, 6) is 0.782. The summed E-state index contributed by atoms with van der Waals surface area (Å²) >= 11 is 13.2. The number of nitrogens with zero attached hydrogens (tertiary/aromatic N) is 2. The highest BCUT2D eigenvalue weighted by molar-refractivity contribution is 8.15. The molecule has 2 aliphatic rings. The lowest BCUT2D eigenvalue weighted by atomic mass is 10.2. The van der Waals surface area contributed by atoms with Crippen molar-refractivity contribution in [2.45, 2.75) is 18.6 Å². The Hall–Kier alpha value is -2.42. The van der Waals surface area contributed by atoms with E-state index < -0.39 is 5.25 Å². The van der Waals surface area contributed by atoms with Crippen molar-refractivity contribution in [1.82, 2.24) is 4.90 Å². The van der Waals surface area contributed by atoms with Gasteiger partial charge in [0.15, 0.2) is 16.7 Å². The Kier molecular flexibility index (Phi) is 6.08. The fourth-order valence-electron chi connectivity index (χ4n) is 3.01. The van der Waals surface area contributed by atoms with E-state index in [1.807, 2.05) is 6.92 Å². The molecule has 0 aliphatic carbocycles. The number of halogens is 2. The molecule has 30 heavy (non-hydrogen) atoms. The third-order valence-electron chi connectivity index (χ3n) is 4.52. The van der Waals surface area contributed by atoms with Gasteiger partial charge in [-0.1, -0.05) is 35.0 Å². The van der Waals surface area contributed by atoms with Gasteiger partial charge in [-0.2, -0.15) is 0 Å². The number of nitrogens with one attached hydrogen (secondary N) is 1. The van der Waals surface area contributed by atoms with Crippen molar-refractivity contribution >= 4 is 63.3 Å². The molecule has 4 rings (SSSR count). The maximum atomic E-state index is 12.8. The van der Waals surface area contributed by atoms with Crippen LogP contribution in [0.3, 0.4) is 0 Å². The van der Waals surface area contributed by atoms with Crippen molar-refractivity contribution in [1.29, 1.82) is 0 Å². The maximum Gasteiger partial charge on any atom is 0.238 e. The van der Waals surface area contributed by atoms with Crippen molar-refractivity contribution in [2.75, 3.05) is 18.7 Å². The molecule has 2 aromatic rings.